The van der Waals surface area contributed by atoms with Crippen molar-refractivity contribution in [1.29, 1.82) is 0 Å². The number of halogens is 6. The van der Waals surface area contributed by atoms with Crippen LogP contribution < -0.4 is 0 Å². The Morgan fingerprint density at radius 3 is 1.14 bits per heavy atom. The van der Waals surface area contributed by atoms with Gasteiger partial charge in [-0.2, -0.15) is 0 Å². The van der Waals surface area contributed by atoms with Crippen LogP contribution in [0.2, 0.25) is 0 Å². The molecule has 112 valence electrons. The van der Waals surface area contributed by atoms with E-state index in [1.54, 1.807) is 11.8 Å². The minimum absolute atomic E-state index is 1.00. The smallest absolute Gasteiger partial charge is 0.418 e. The fourth-order valence-electron chi connectivity index (χ4n) is 1.11. The third kappa shape index (κ3) is 14.7. The molecule has 0 atom stereocenters. The Kier molecular flexibility index (Phi) is 10.4. The molecule has 0 nitrogen and oxygen atoms in total. The van der Waals surface area contributed by atoms with Crippen molar-refractivity contribution in [2.75, 3.05) is 0 Å². The van der Waals surface area contributed by atoms with Gasteiger partial charge in [0.15, 0.2) is 0 Å². The molecule has 0 amide bonds. The van der Waals surface area contributed by atoms with E-state index in [0.29, 0.717) is 0 Å². The van der Waals surface area contributed by atoms with Crippen molar-refractivity contribution in [3.63, 3.8) is 0 Å². The topological polar surface area (TPSA) is 0 Å². The van der Waals surface area contributed by atoms with E-state index in [-0.39, 0.29) is 0 Å². The van der Waals surface area contributed by atoms with Crippen molar-refractivity contribution < 1.29 is 25.9 Å². The zero-order chi connectivity index (χ0) is 16.1. The van der Waals surface area contributed by atoms with Gasteiger partial charge in [0.25, 0.3) is 0 Å². The summed E-state index contributed by atoms with van der Waals surface area (Å²) >= 11 is 1.79. The molecule has 0 aliphatic carbocycles. The minimum atomic E-state index is -6.00. The molecule has 0 saturated carbocycles. The molecule has 0 N–H and O–H groups in total. The van der Waals surface area contributed by atoms with E-state index in [0.717, 1.165) is 0 Å². The second kappa shape index (κ2) is 11.2. The molecule has 0 aliphatic rings. The van der Waals surface area contributed by atoms with Crippen LogP contribution in [-0.4, -0.2) is 15.1 Å². The van der Waals surface area contributed by atoms with E-state index in [4.69, 9.17) is 0 Å². The van der Waals surface area contributed by atoms with Crippen LogP contribution in [0.4, 0.5) is 25.9 Å². The maximum Gasteiger partial charge on any atom is 0.673 e. The molecule has 0 saturated heterocycles. The second-order valence-electron chi connectivity index (χ2n) is 3.31. The maximum atomic E-state index is 9.75. The Morgan fingerprint density at radius 2 is 0.905 bits per heavy atom. The standard InChI is InChI=1S/C12H10S.BF4.BF2/c1-3-7-11(8-4-1)13-12-9-5-2-6-10-12;2-1(3,4)5;2-1-3/h1-10H;;/q;-1;+1. The van der Waals surface area contributed by atoms with Gasteiger partial charge in [-0.25, -0.2) is 0 Å². The molecule has 0 aromatic heterocycles. The molecule has 0 aliphatic heterocycles. The molecule has 0 heterocycles. The van der Waals surface area contributed by atoms with Crippen LogP contribution in [-0.2, 0) is 0 Å². The summed E-state index contributed by atoms with van der Waals surface area (Å²) in [5, 5.41) is 0. The quantitative estimate of drug-likeness (QED) is 0.512. The van der Waals surface area contributed by atoms with Gasteiger partial charge in [0, 0.05) is 9.79 Å². The summed E-state index contributed by atoms with van der Waals surface area (Å²) in [6.45, 7) is 0. The molecule has 2 rings (SSSR count). The first-order valence-corrected chi connectivity index (χ1v) is 6.36. The van der Waals surface area contributed by atoms with Crippen LogP contribution in [0.3, 0.4) is 0 Å². The summed E-state index contributed by atoms with van der Waals surface area (Å²) in [6.07, 6.45) is 0. The van der Waals surface area contributed by atoms with Gasteiger partial charge in [0.05, 0.1) is 0 Å². The van der Waals surface area contributed by atoms with Gasteiger partial charge >= 0.3 is 23.7 Å². The number of hydrogen-bond donors (Lipinski definition) is 0. The second-order valence-corrected chi connectivity index (χ2v) is 4.45. The summed E-state index contributed by atoms with van der Waals surface area (Å²) in [5.41, 5.74) is 0. The molecule has 2 aromatic rings. The van der Waals surface area contributed by atoms with E-state index < -0.39 is 15.1 Å². The molecular formula is C12H10B2F6S. The van der Waals surface area contributed by atoms with Crippen molar-refractivity contribution in [3.8, 4) is 0 Å². The molecule has 0 spiro atoms. The van der Waals surface area contributed by atoms with Crippen LogP contribution in [0.25, 0.3) is 0 Å². The molecular weight excluding hydrogens is 312 g/mol. The zero-order valence-electron chi connectivity index (χ0n) is 10.6. The first kappa shape index (κ1) is 19.5. The van der Waals surface area contributed by atoms with Crippen LogP contribution in [0.1, 0.15) is 0 Å². The average molecular weight is 322 g/mol. The Labute approximate surface area is 124 Å². The van der Waals surface area contributed by atoms with Gasteiger partial charge in [0.2, 0.25) is 0 Å². The van der Waals surface area contributed by atoms with Gasteiger partial charge in [-0.1, -0.05) is 48.2 Å². The first-order chi connectivity index (χ1) is 9.86. The van der Waals surface area contributed by atoms with Crippen LogP contribution in [0.5, 0.6) is 0 Å². The van der Waals surface area contributed by atoms with Gasteiger partial charge in [-0.3, -0.25) is 0 Å². The van der Waals surface area contributed by atoms with Gasteiger partial charge in [-0.05, 0) is 24.3 Å². The molecule has 0 bridgehead atoms. The van der Waals surface area contributed by atoms with E-state index >= 15 is 0 Å². The zero-order valence-corrected chi connectivity index (χ0v) is 11.4. The van der Waals surface area contributed by atoms with Crippen molar-refractivity contribution in [2.45, 2.75) is 9.79 Å². The van der Waals surface area contributed by atoms with Gasteiger partial charge in [0.1, 0.15) is 0 Å². The largest absolute Gasteiger partial charge is 0.673 e. The number of rotatable bonds is 2. The van der Waals surface area contributed by atoms with E-state index in [2.05, 4.69) is 48.5 Å². The van der Waals surface area contributed by atoms with E-state index in [1.807, 2.05) is 12.1 Å². The summed E-state index contributed by atoms with van der Waals surface area (Å²) in [5.74, 6) is 0. The summed E-state index contributed by atoms with van der Waals surface area (Å²) in [4.78, 5) is 2.57. The average Bonchev–Trinajstić information content (AvgIpc) is 2.40. The Hall–Kier alpha value is -1.50. The summed E-state index contributed by atoms with van der Waals surface area (Å²) in [7, 11) is -7.00. The third-order valence-electron chi connectivity index (χ3n) is 1.72. The van der Waals surface area contributed by atoms with Crippen LogP contribution in [0, 0.1) is 0 Å². The Bertz CT molecular complexity index is 423. The fraction of sp³-hybridized carbons (Fsp3) is 0. The Morgan fingerprint density at radius 1 is 0.667 bits per heavy atom. The van der Waals surface area contributed by atoms with Crippen molar-refractivity contribution in [3.05, 3.63) is 60.7 Å². The Balaban J connectivity index is 0.000000422. The molecule has 0 unspecified atom stereocenters. The van der Waals surface area contributed by atoms with E-state index in [1.165, 1.54) is 9.79 Å². The van der Waals surface area contributed by atoms with Crippen molar-refractivity contribution in [1.82, 2.24) is 0 Å². The number of benzene rings is 2. The van der Waals surface area contributed by atoms with Gasteiger partial charge < -0.3 is 17.3 Å². The number of hydrogen-bond acceptors (Lipinski definition) is 1. The molecule has 21 heavy (non-hydrogen) atoms. The first-order valence-electron chi connectivity index (χ1n) is 5.54. The molecule has 2 aromatic carbocycles. The SMILES string of the molecule is F[B+]F.F[B-](F)(F)F.c1ccc(Sc2ccccc2)cc1. The van der Waals surface area contributed by atoms with Gasteiger partial charge in [-0.15, -0.1) is 0 Å². The normalized spacial score (nSPS) is 9.43. The molecule has 0 fully saturated rings. The molecule has 0 radical (unpaired) electrons. The van der Waals surface area contributed by atoms with Crippen LogP contribution in [0.15, 0.2) is 70.5 Å². The third-order valence-corrected chi connectivity index (χ3v) is 2.74. The predicted molar refractivity (Wildman–Crippen MR) is 75.2 cm³/mol. The molecule has 9 heteroatoms. The minimum Gasteiger partial charge on any atom is -0.418 e. The van der Waals surface area contributed by atoms with Crippen molar-refractivity contribution in [2.24, 2.45) is 0 Å². The fourth-order valence-corrected chi connectivity index (χ4v) is 1.97. The van der Waals surface area contributed by atoms with Crippen molar-refractivity contribution >= 4 is 26.9 Å². The van der Waals surface area contributed by atoms with E-state index in [9.17, 15) is 25.9 Å². The monoisotopic (exact) mass is 322 g/mol. The van der Waals surface area contributed by atoms with Crippen LogP contribution >= 0.6 is 11.8 Å². The maximum absolute atomic E-state index is 9.75. The summed E-state index contributed by atoms with van der Waals surface area (Å²) in [6, 6.07) is 20.8. The summed E-state index contributed by atoms with van der Waals surface area (Å²) < 4.78 is 58.0. The predicted octanol–water partition coefficient (Wildman–Crippen LogP) is 5.60.